The van der Waals surface area contributed by atoms with Gasteiger partial charge in [-0.2, -0.15) is 0 Å². The van der Waals surface area contributed by atoms with Gasteiger partial charge in [0.15, 0.2) is 0 Å². The molecule has 0 aliphatic carbocycles. The van der Waals surface area contributed by atoms with E-state index in [1.807, 2.05) is 0 Å². The number of aliphatic imine (C=N–C) groups is 2. The highest BCUT2D eigenvalue weighted by molar-refractivity contribution is 7.46. The van der Waals surface area contributed by atoms with Crippen LogP contribution in [0.5, 0.6) is 5.75 Å². The number of aryl methyl sites for hydroxylation is 1. The lowest BCUT2D eigenvalue weighted by Gasteiger charge is -2.13. The van der Waals surface area contributed by atoms with Crippen molar-refractivity contribution in [1.82, 2.24) is 4.98 Å². The number of hydrogen-bond donors (Lipinski definition) is 4. The van der Waals surface area contributed by atoms with E-state index in [0.29, 0.717) is 24.2 Å². The Kier molecular flexibility index (Phi) is 7.11. The van der Waals surface area contributed by atoms with Gasteiger partial charge in [0.2, 0.25) is 0 Å². The summed E-state index contributed by atoms with van der Waals surface area (Å²) in [4.78, 5) is 41.7. The van der Waals surface area contributed by atoms with Crippen LogP contribution in [0, 0.1) is 6.92 Å². The molecule has 0 atom stereocenters. The fourth-order valence-electron chi connectivity index (χ4n) is 2.29. The van der Waals surface area contributed by atoms with Gasteiger partial charge in [0.1, 0.15) is 11.5 Å². The summed E-state index contributed by atoms with van der Waals surface area (Å²) in [5, 5.41) is 19.0. The summed E-state index contributed by atoms with van der Waals surface area (Å²) in [6, 6.07) is 0. The normalized spacial score (nSPS) is 16.1. The number of aromatic nitrogens is 1. The highest BCUT2D eigenvalue weighted by Crippen LogP contribution is 2.38. The van der Waals surface area contributed by atoms with Crippen molar-refractivity contribution in [2.75, 3.05) is 6.61 Å². The minimum absolute atomic E-state index is 0.00211. The lowest BCUT2D eigenvalue weighted by molar-refractivity contribution is -0.111. The van der Waals surface area contributed by atoms with Crippen LogP contribution < -0.4 is 0 Å². The van der Waals surface area contributed by atoms with Crippen LogP contribution in [-0.4, -0.2) is 48.9 Å². The van der Waals surface area contributed by atoms with Crippen molar-refractivity contribution < 1.29 is 33.9 Å². The molecule has 2 rings (SSSR count). The minimum atomic E-state index is -4.70. The molecule has 0 bridgehead atoms. The summed E-state index contributed by atoms with van der Waals surface area (Å²) in [6.07, 6.45) is 5.42. The van der Waals surface area contributed by atoms with Crippen molar-refractivity contribution in [2.24, 2.45) is 9.98 Å². The van der Waals surface area contributed by atoms with E-state index in [0.717, 1.165) is 0 Å². The van der Waals surface area contributed by atoms with Crippen LogP contribution in [0.3, 0.4) is 0 Å². The Morgan fingerprint density at radius 3 is 2.67 bits per heavy atom. The van der Waals surface area contributed by atoms with Gasteiger partial charge in [-0.1, -0.05) is 0 Å². The number of nitrogens with zero attached hydrogens (tertiary/aromatic N) is 3. The monoisotopic (exact) mass is 397 g/mol. The molecule has 0 saturated heterocycles. The molecular formula is C16H20N3O7P. The first-order chi connectivity index (χ1) is 12.7. The van der Waals surface area contributed by atoms with Crippen LogP contribution in [0.2, 0.25) is 0 Å². The summed E-state index contributed by atoms with van der Waals surface area (Å²) in [6.45, 7) is 0.964. The maximum absolute atomic E-state index is 12.0. The molecule has 10 nitrogen and oxygen atoms in total. The number of hydrogen-bond acceptors (Lipinski definition) is 7. The van der Waals surface area contributed by atoms with Gasteiger partial charge in [-0.25, -0.2) is 9.56 Å². The molecule has 0 unspecified atom stereocenters. The van der Waals surface area contributed by atoms with Crippen molar-refractivity contribution in [1.29, 1.82) is 0 Å². The van der Waals surface area contributed by atoms with E-state index in [4.69, 9.17) is 14.9 Å². The van der Waals surface area contributed by atoms with E-state index in [2.05, 4.69) is 19.5 Å². The molecule has 146 valence electrons. The molecule has 0 fully saturated rings. The Balaban J connectivity index is 2.20. The molecule has 1 aliphatic heterocycles. The zero-order valence-corrected chi connectivity index (χ0v) is 15.5. The van der Waals surface area contributed by atoms with Crippen LogP contribution in [0.1, 0.15) is 29.7 Å². The largest absolute Gasteiger partial charge is 0.506 e. The van der Waals surface area contributed by atoms with E-state index in [1.54, 1.807) is 13.0 Å². The van der Waals surface area contributed by atoms with Crippen LogP contribution in [0.15, 0.2) is 28.3 Å². The van der Waals surface area contributed by atoms with Crippen molar-refractivity contribution >= 4 is 25.2 Å². The first kappa shape index (κ1) is 21.1. The molecular weight excluding hydrogens is 377 g/mol. The second kappa shape index (κ2) is 9.12. The van der Waals surface area contributed by atoms with E-state index < -0.39 is 20.3 Å². The Bertz CT molecular complexity index is 858. The zero-order chi connectivity index (χ0) is 20.0. The van der Waals surface area contributed by atoms with E-state index in [9.17, 15) is 14.5 Å². The number of aliphatic hydroxyl groups is 1. The van der Waals surface area contributed by atoms with Gasteiger partial charge in [0.25, 0.3) is 5.91 Å². The molecule has 1 aromatic heterocycles. The average molecular weight is 397 g/mol. The highest BCUT2D eigenvalue weighted by Gasteiger charge is 2.19. The molecule has 27 heavy (non-hydrogen) atoms. The van der Waals surface area contributed by atoms with Crippen LogP contribution in [-0.2, 0) is 27.0 Å². The quantitative estimate of drug-likeness (QED) is 0.471. The molecule has 0 spiro atoms. The number of carbonyl (C=O) groups is 1. The number of aliphatic hydroxyl groups excluding tert-OH is 1. The Labute approximate surface area is 155 Å². The van der Waals surface area contributed by atoms with Crippen LogP contribution in [0.25, 0.3) is 0 Å². The Morgan fingerprint density at radius 1 is 1.30 bits per heavy atom. The number of phosphoric ester groups is 1. The van der Waals surface area contributed by atoms with Gasteiger partial charge in [-0.15, -0.1) is 0 Å². The van der Waals surface area contributed by atoms with Gasteiger partial charge in [0, 0.05) is 29.6 Å². The van der Waals surface area contributed by atoms with Crippen LogP contribution >= 0.6 is 7.82 Å². The molecule has 1 aromatic rings. The van der Waals surface area contributed by atoms with Gasteiger partial charge in [0.05, 0.1) is 18.8 Å². The van der Waals surface area contributed by atoms with Crippen LogP contribution in [0.4, 0.5) is 0 Å². The van der Waals surface area contributed by atoms with Crippen molar-refractivity contribution in [3.05, 3.63) is 35.2 Å². The SMILES string of the molecule is Cc1ncc(COP(=O)(O)O)c(CN=C2C=CC(CCCO)=NC2=O)c1O. The predicted molar refractivity (Wildman–Crippen MR) is 96.5 cm³/mol. The number of aromatic hydroxyl groups is 1. The Morgan fingerprint density at radius 2 is 2.04 bits per heavy atom. The van der Waals surface area contributed by atoms with Gasteiger partial charge in [-0.05, 0) is 31.9 Å². The van der Waals surface area contributed by atoms with Gasteiger partial charge in [-0.3, -0.25) is 19.3 Å². The number of phosphoric acid groups is 1. The molecule has 4 N–H and O–H groups in total. The first-order valence-electron chi connectivity index (χ1n) is 8.03. The van der Waals surface area contributed by atoms with Crippen molar-refractivity contribution in [3.8, 4) is 5.75 Å². The van der Waals surface area contributed by atoms with E-state index in [-0.39, 0.29) is 35.7 Å². The highest BCUT2D eigenvalue weighted by atomic mass is 31.2. The zero-order valence-electron chi connectivity index (χ0n) is 14.6. The summed E-state index contributed by atoms with van der Waals surface area (Å²) in [5.74, 6) is -0.728. The maximum atomic E-state index is 12.0. The third kappa shape index (κ3) is 6.16. The summed E-state index contributed by atoms with van der Waals surface area (Å²) in [5.41, 5.74) is 1.43. The number of carbonyl (C=O) groups excluding carboxylic acids is 1. The van der Waals surface area contributed by atoms with Crippen molar-refractivity contribution in [2.45, 2.75) is 32.9 Å². The maximum Gasteiger partial charge on any atom is 0.469 e. The smallest absolute Gasteiger partial charge is 0.469 e. The topological polar surface area (TPSA) is 162 Å². The number of pyridine rings is 1. The summed E-state index contributed by atoms with van der Waals surface area (Å²) < 4.78 is 15.4. The summed E-state index contributed by atoms with van der Waals surface area (Å²) in [7, 11) is -4.70. The molecule has 2 heterocycles. The van der Waals surface area contributed by atoms with E-state index >= 15 is 0 Å². The fourth-order valence-corrected chi connectivity index (χ4v) is 2.60. The second-order valence-electron chi connectivity index (χ2n) is 5.73. The number of allylic oxidation sites excluding steroid dienone is 1. The second-order valence-corrected chi connectivity index (χ2v) is 6.97. The lowest BCUT2D eigenvalue weighted by atomic mass is 10.1. The van der Waals surface area contributed by atoms with E-state index in [1.165, 1.54) is 12.3 Å². The predicted octanol–water partition coefficient (Wildman–Crippen LogP) is 0.956. The van der Waals surface area contributed by atoms with Gasteiger partial charge >= 0.3 is 7.82 Å². The van der Waals surface area contributed by atoms with Crippen molar-refractivity contribution in [3.63, 3.8) is 0 Å². The third-order valence-electron chi connectivity index (χ3n) is 3.71. The standard InChI is InChI=1S/C16H20N3O7P/c1-10-15(21)13(11(7-17-10)9-26-27(23,24)25)8-18-14-5-4-12(3-2-6-20)19-16(14)22/h4-5,7,20-21H,2-3,6,8-9H2,1H3,(H2,23,24,25). The number of dihydropyridines is 1. The molecule has 0 aromatic carbocycles. The minimum Gasteiger partial charge on any atom is -0.506 e. The molecule has 0 radical (unpaired) electrons. The molecule has 0 saturated carbocycles. The molecule has 11 heteroatoms. The Hall–Kier alpha value is -2.23. The summed E-state index contributed by atoms with van der Waals surface area (Å²) >= 11 is 0. The van der Waals surface area contributed by atoms with Gasteiger partial charge < -0.3 is 20.0 Å². The fraction of sp³-hybridized carbons (Fsp3) is 0.375. The molecule has 1 aliphatic rings. The first-order valence-corrected chi connectivity index (χ1v) is 9.56. The number of amides is 1. The molecule has 1 amide bonds. The number of rotatable bonds is 8. The lowest BCUT2D eigenvalue weighted by Crippen LogP contribution is -2.17. The third-order valence-corrected chi connectivity index (χ3v) is 4.18. The average Bonchev–Trinajstić information content (AvgIpc) is 2.60.